The van der Waals surface area contributed by atoms with Crippen molar-refractivity contribution < 1.29 is 4.52 Å². The van der Waals surface area contributed by atoms with Gasteiger partial charge < -0.3 is 10.3 Å². The van der Waals surface area contributed by atoms with Crippen LogP contribution in [0.5, 0.6) is 0 Å². The van der Waals surface area contributed by atoms with E-state index in [0.717, 1.165) is 36.8 Å². The van der Waals surface area contributed by atoms with Crippen molar-refractivity contribution in [3.63, 3.8) is 0 Å². The van der Waals surface area contributed by atoms with E-state index in [0.29, 0.717) is 0 Å². The fourth-order valence-electron chi connectivity index (χ4n) is 2.35. The second-order valence-corrected chi connectivity index (χ2v) is 4.56. The third-order valence-corrected chi connectivity index (χ3v) is 3.15. The van der Waals surface area contributed by atoms with Crippen LogP contribution in [0.15, 0.2) is 28.8 Å². The molecule has 17 heavy (non-hydrogen) atoms. The van der Waals surface area contributed by atoms with Crippen molar-refractivity contribution in [3.05, 3.63) is 46.8 Å². The molecule has 88 valence electrons. The summed E-state index contributed by atoms with van der Waals surface area (Å²) in [5, 5.41) is 4.02. The van der Waals surface area contributed by atoms with Crippen LogP contribution in [0.1, 0.15) is 22.6 Å². The average molecular weight is 229 g/mol. The smallest absolute Gasteiger partial charge is 0.133 e. The summed E-state index contributed by atoms with van der Waals surface area (Å²) < 4.78 is 5.07. The number of nitrogen functional groups attached to an aromatic ring is 1. The molecule has 1 aromatic heterocycles. The van der Waals surface area contributed by atoms with E-state index in [9.17, 15) is 0 Å². The Morgan fingerprint density at radius 3 is 3.00 bits per heavy atom. The molecule has 2 N–H and O–H groups in total. The third kappa shape index (κ3) is 1.91. The first kappa shape index (κ1) is 10.4. The zero-order valence-corrected chi connectivity index (χ0v) is 9.81. The molecule has 1 aromatic carbocycles. The third-order valence-electron chi connectivity index (χ3n) is 3.15. The van der Waals surface area contributed by atoms with Crippen molar-refractivity contribution in [1.29, 1.82) is 0 Å². The highest BCUT2D eigenvalue weighted by Gasteiger charge is 2.21. The number of nitrogens with two attached hydrogens (primary N) is 1. The lowest BCUT2D eigenvalue weighted by atomic mass is 10.1. The quantitative estimate of drug-likeness (QED) is 0.801. The van der Waals surface area contributed by atoms with Gasteiger partial charge in [0.2, 0.25) is 0 Å². The minimum Gasteiger partial charge on any atom is -0.398 e. The zero-order valence-electron chi connectivity index (χ0n) is 9.81. The molecule has 0 aliphatic carbocycles. The van der Waals surface area contributed by atoms with Gasteiger partial charge in [0.05, 0.1) is 5.69 Å². The van der Waals surface area contributed by atoms with E-state index in [1.54, 1.807) is 0 Å². The van der Waals surface area contributed by atoms with Crippen molar-refractivity contribution in [2.45, 2.75) is 26.6 Å². The number of aromatic nitrogens is 1. The van der Waals surface area contributed by atoms with Gasteiger partial charge in [0.1, 0.15) is 5.76 Å². The second kappa shape index (κ2) is 3.89. The standard InChI is InChI=1S/C13H15N3O/c1-9-5-11(15-17-9)7-16-6-10-3-2-4-13(14)12(10)8-16/h2-5H,6-8,14H2,1H3. The average Bonchev–Trinajstić information content (AvgIpc) is 2.86. The van der Waals surface area contributed by atoms with Crippen LogP contribution in [0.25, 0.3) is 0 Å². The Morgan fingerprint density at radius 2 is 2.29 bits per heavy atom. The van der Waals surface area contributed by atoms with Gasteiger partial charge in [-0.3, -0.25) is 4.90 Å². The molecule has 0 saturated carbocycles. The Hall–Kier alpha value is -1.81. The molecule has 1 aliphatic heterocycles. The number of aryl methyl sites for hydroxylation is 1. The van der Waals surface area contributed by atoms with Gasteiger partial charge in [-0.15, -0.1) is 0 Å². The van der Waals surface area contributed by atoms with Crippen molar-refractivity contribution in [3.8, 4) is 0 Å². The lowest BCUT2D eigenvalue weighted by Crippen LogP contribution is -2.15. The van der Waals surface area contributed by atoms with Gasteiger partial charge in [0.25, 0.3) is 0 Å². The summed E-state index contributed by atoms with van der Waals surface area (Å²) in [5.74, 6) is 0.858. The summed E-state index contributed by atoms with van der Waals surface area (Å²) in [6.45, 7) is 4.55. The summed E-state index contributed by atoms with van der Waals surface area (Å²) in [7, 11) is 0. The SMILES string of the molecule is Cc1cc(CN2Cc3cccc(N)c3C2)no1. The fourth-order valence-corrected chi connectivity index (χ4v) is 2.35. The molecule has 2 aromatic rings. The second-order valence-electron chi connectivity index (χ2n) is 4.56. The van der Waals surface area contributed by atoms with Crippen molar-refractivity contribution in [1.82, 2.24) is 10.1 Å². The molecule has 0 spiro atoms. The van der Waals surface area contributed by atoms with Crippen LogP contribution in [0.3, 0.4) is 0 Å². The van der Waals surface area contributed by atoms with Gasteiger partial charge in [-0.2, -0.15) is 0 Å². The highest BCUT2D eigenvalue weighted by molar-refractivity contribution is 5.52. The number of anilines is 1. The maximum atomic E-state index is 5.97. The van der Waals surface area contributed by atoms with E-state index >= 15 is 0 Å². The van der Waals surface area contributed by atoms with Crippen molar-refractivity contribution in [2.75, 3.05) is 5.73 Å². The van der Waals surface area contributed by atoms with Gasteiger partial charge in [-0.1, -0.05) is 17.3 Å². The molecule has 0 bridgehead atoms. The fraction of sp³-hybridized carbons (Fsp3) is 0.308. The topological polar surface area (TPSA) is 55.3 Å². The molecule has 3 rings (SSSR count). The number of benzene rings is 1. The summed E-state index contributed by atoms with van der Waals surface area (Å²) in [6.07, 6.45) is 0. The summed E-state index contributed by atoms with van der Waals surface area (Å²) in [5.41, 5.74) is 10.4. The minimum atomic E-state index is 0.811. The predicted octanol–water partition coefficient (Wildman–Crippen LogP) is 2.08. The van der Waals surface area contributed by atoms with Crippen LogP contribution in [0.2, 0.25) is 0 Å². The van der Waals surface area contributed by atoms with Crippen LogP contribution in [-0.2, 0) is 19.6 Å². The van der Waals surface area contributed by atoms with Crippen LogP contribution in [0, 0.1) is 6.92 Å². The molecule has 1 aliphatic rings. The molecule has 0 unspecified atom stereocenters. The molecule has 0 fully saturated rings. The van der Waals surface area contributed by atoms with Crippen LogP contribution in [0.4, 0.5) is 5.69 Å². The number of hydrogen-bond donors (Lipinski definition) is 1. The minimum absolute atomic E-state index is 0.811. The van der Waals surface area contributed by atoms with Gasteiger partial charge in [0, 0.05) is 31.4 Å². The maximum absolute atomic E-state index is 5.97. The Bertz CT molecular complexity index is 547. The Labute approximate surface area is 100 Å². The maximum Gasteiger partial charge on any atom is 0.133 e. The van der Waals surface area contributed by atoms with E-state index in [4.69, 9.17) is 10.3 Å². The van der Waals surface area contributed by atoms with E-state index in [2.05, 4.69) is 16.1 Å². The normalized spacial score (nSPS) is 15.1. The van der Waals surface area contributed by atoms with Gasteiger partial charge in [-0.25, -0.2) is 0 Å². The van der Waals surface area contributed by atoms with E-state index in [-0.39, 0.29) is 0 Å². The zero-order chi connectivity index (χ0) is 11.8. The lowest BCUT2D eigenvalue weighted by molar-refractivity contribution is 0.264. The summed E-state index contributed by atoms with van der Waals surface area (Å²) in [4.78, 5) is 2.32. The van der Waals surface area contributed by atoms with Crippen molar-refractivity contribution >= 4 is 5.69 Å². The first-order valence-corrected chi connectivity index (χ1v) is 5.73. The number of fused-ring (bicyclic) bond motifs is 1. The molecule has 0 saturated heterocycles. The first-order valence-electron chi connectivity index (χ1n) is 5.73. The number of nitrogens with zero attached hydrogens (tertiary/aromatic N) is 2. The molecule has 4 nitrogen and oxygen atoms in total. The van der Waals surface area contributed by atoms with E-state index in [1.807, 2.05) is 25.1 Å². The van der Waals surface area contributed by atoms with Crippen LogP contribution in [-0.4, -0.2) is 10.1 Å². The van der Waals surface area contributed by atoms with Gasteiger partial charge in [0.15, 0.2) is 0 Å². The van der Waals surface area contributed by atoms with Crippen LogP contribution >= 0.6 is 0 Å². The Kier molecular flexibility index (Phi) is 2.37. The Morgan fingerprint density at radius 1 is 1.41 bits per heavy atom. The first-order chi connectivity index (χ1) is 8.22. The molecule has 0 amide bonds. The van der Waals surface area contributed by atoms with Crippen molar-refractivity contribution in [2.24, 2.45) is 0 Å². The molecule has 2 heterocycles. The molecule has 0 radical (unpaired) electrons. The number of hydrogen-bond acceptors (Lipinski definition) is 4. The van der Waals surface area contributed by atoms with Gasteiger partial charge >= 0.3 is 0 Å². The Balaban J connectivity index is 1.76. The summed E-state index contributed by atoms with van der Waals surface area (Å²) >= 11 is 0. The molecular formula is C13H15N3O. The predicted molar refractivity (Wildman–Crippen MR) is 65.0 cm³/mol. The molecule has 4 heteroatoms. The monoisotopic (exact) mass is 229 g/mol. The van der Waals surface area contributed by atoms with Gasteiger partial charge in [-0.05, 0) is 24.1 Å². The number of rotatable bonds is 2. The highest BCUT2D eigenvalue weighted by Crippen LogP contribution is 2.28. The molecular weight excluding hydrogens is 214 g/mol. The summed E-state index contributed by atoms with van der Waals surface area (Å²) in [6, 6.07) is 8.09. The van der Waals surface area contributed by atoms with E-state index < -0.39 is 0 Å². The van der Waals surface area contributed by atoms with E-state index in [1.165, 1.54) is 11.1 Å². The highest BCUT2D eigenvalue weighted by atomic mass is 16.5. The molecule has 0 atom stereocenters. The van der Waals surface area contributed by atoms with Crippen LogP contribution < -0.4 is 5.73 Å². The lowest BCUT2D eigenvalue weighted by Gasteiger charge is -2.11. The largest absolute Gasteiger partial charge is 0.398 e.